The Bertz CT molecular complexity index is 321. The molecule has 3 heteroatoms. The largest absolute Gasteiger partial charge is 0.391 e. The van der Waals surface area contributed by atoms with Crippen LogP contribution in [-0.2, 0) is 0 Å². The Kier molecular flexibility index (Phi) is 4.78. The quantitative estimate of drug-likeness (QED) is 0.855. The Hall–Kier alpha value is -0.570. The molecule has 0 aromatic heterocycles. The van der Waals surface area contributed by atoms with E-state index in [1.165, 1.54) is 12.0 Å². The van der Waals surface area contributed by atoms with Crippen LogP contribution in [0.1, 0.15) is 36.4 Å². The molecule has 0 unspecified atom stereocenters. The maximum absolute atomic E-state index is 10.0. The van der Waals surface area contributed by atoms with Crippen molar-refractivity contribution in [3.63, 3.8) is 0 Å². The van der Waals surface area contributed by atoms with Gasteiger partial charge in [0.15, 0.2) is 0 Å². The number of hydrogen-bond donors (Lipinski definition) is 2. The number of hydrogen-bond acceptors (Lipinski definition) is 2. The van der Waals surface area contributed by atoms with E-state index in [2.05, 4.69) is 6.92 Å². The predicted molar refractivity (Wildman–Crippen MR) is 68.7 cm³/mol. The SMILES string of the molecule is Cc1ccc([C@H](N)[C@H](O)C2CCC2)cc1.Cl. The summed E-state index contributed by atoms with van der Waals surface area (Å²) in [6.07, 6.45) is 3.12. The molecule has 0 bridgehead atoms. The molecule has 0 heterocycles. The molecule has 16 heavy (non-hydrogen) atoms. The van der Waals surface area contributed by atoms with Crippen molar-refractivity contribution in [3.8, 4) is 0 Å². The molecule has 1 aromatic rings. The molecule has 0 amide bonds. The number of nitrogens with two attached hydrogens (primary N) is 1. The van der Waals surface area contributed by atoms with Crippen LogP contribution < -0.4 is 5.73 Å². The highest BCUT2D eigenvalue weighted by atomic mass is 35.5. The zero-order valence-electron chi connectivity index (χ0n) is 9.60. The average molecular weight is 242 g/mol. The first-order valence-electron chi connectivity index (χ1n) is 5.68. The summed E-state index contributed by atoms with van der Waals surface area (Å²) < 4.78 is 0. The van der Waals surface area contributed by atoms with Gasteiger partial charge in [-0.25, -0.2) is 0 Å². The molecule has 90 valence electrons. The highest BCUT2D eigenvalue weighted by Gasteiger charge is 2.30. The summed E-state index contributed by atoms with van der Waals surface area (Å²) in [5.74, 6) is 0.418. The molecule has 0 saturated heterocycles. The summed E-state index contributed by atoms with van der Waals surface area (Å²) in [6, 6.07) is 7.89. The standard InChI is InChI=1S/C13H19NO.ClH/c1-9-5-7-10(8-6-9)12(14)13(15)11-3-2-4-11;/h5-8,11-13,15H,2-4,14H2,1H3;1H/t12-,13+;/m0./s1. The summed E-state index contributed by atoms with van der Waals surface area (Å²) in [5.41, 5.74) is 8.32. The molecule has 1 saturated carbocycles. The molecular weight excluding hydrogens is 222 g/mol. The van der Waals surface area contributed by atoms with E-state index in [4.69, 9.17) is 5.73 Å². The third-order valence-electron chi connectivity index (χ3n) is 3.46. The van der Waals surface area contributed by atoms with Crippen molar-refractivity contribution >= 4 is 12.4 Å². The smallest absolute Gasteiger partial charge is 0.0760 e. The third-order valence-corrected chi connectivity index (χ3v) is 3.46. The van der Waals surface area contributed by atoms with Crippen molar-refractivity contribution in [3.05, 3.63) is 35.4 Å². The zero-order chi connectivity index (χ0) is 10.8. The van der Waals surface area contributed by atoms with Crippen LogP contribution in [0.3, 0.4) is 0 Å². The molecule has 0 aliphatic heterocycles. The molecule has 2 rings (SSSR count). The van der Waals surface area contributed by atoms with Gasteiger partial charge in [-0.3, -0.25) is 0 Å². The van der Waals surface area contributed by atoms with Gasteiger partial charge in [-0.2, -0.15) is 0 Å². The van der Waals surface area contributed by atoms with Gasteiger partial charge in [0.1, 0.15) is 0 Å². The topological polar surface area (TPSA) is 46.2 Å². The monoisotopic (exact) mass is 241 g/mol. The lowest BCUT2D eigenvalue weighted by molar-refractivity contribution is 0.0414. The molecule has 3 N–H and O–H groups in total. The highest BCUT2D eigenvalue weighted by Crippen LogP contribution is 2.34. The molecule has 2 atom stereocenters. The summed E-state index contributed by atoms with van der Waals surface area (Å²) >= 11 is 0. The molecule has 2 nitrogen and oxygen atoms in total. The Balaban J connectivity index is 0.00000128. The van der Waals surface area contributed by atoms with Gasteiger partial charge in [0.05, 0.1) is 12.1 Å². The molecule has 1 aromatic carbocycles. The number of aliphatic hydroxyl groups excluding tert-OH is 1. The van der Waals surface area contributed by atoms with Gasteiger partial charge >= 0.3 is 0 Å². The number of aryl methyl sites for hydroxylation is 1. The van der Waals surface area contributed by atoms with Crippen molar-refractivity contribution in [2.24, 2.45) is 11.7 Å². The Morgan fingerprint density at radius 2 is 1.81 bits per heavy atom. The minimum Gasteiger partial charge on any atom is -0.391 e. The second kappa shape index (κ2) is 5.67. The Labute approximate surface area is 103 Å². The number of rotatable bonds is 3. The van der Waals surface area contributed by atoms with Gasteiger partial charge in [-0.15, -0.1) is 12.4 Å². The number of halogens is 1. The van der Waals surface area contributed by atoms with Crippen molar-refractivity contribution in [2.75, 3.05) is 0 Å². The van der Waals surface area contributed by atoms with E-state index in [9.17, 15) is 5.11 Å². The van der Waals surface area contributed by atoms with Crippen LogP contribution in [0.4, 0.5) is 0 Å². The number of benzene rings is 1. The van der Waals surface area contributed by atoms with Gasteiger partial charge < -0.3 is 10.8 Å². The fraction of sp³-hybridized carbons (Fsp3) is 0.538. The maximum atomic E-state index is 10.0. The zero-order valence-corrected chi connectivity index (χ0v) is 10.4. The minimum absolute atomic E-state index is 0. The van der Waals surface area contributed by atoms with Crippen LogP contribution in [-0.4, -0.2) is 11.2 Å². The first-order chi connectivity index (χ1) is 7.18. The van der Waals surface area contributed by atoms with Crippen LogP contribution in [0.2, 0.25) is 0 Å². The van der Waals surface area contributed by atoms with Crippen molar-refractivity contribution in [2.45, 2.75) is 38.3 Å². The van der Waals surface area contributed by atoms with Crippen LogP contribution in [0.25, 0.3) is 0 Å². The molecular formula is C13H20ClNO. The first kappa shape index (κ1) is 13.5. The van der Waals surface area contributed by atoms with Gasteiger partial charge in [-0.1, -0.05) is 36.2 Å². The summed E-state index contributed by atoms with van der Waals surface area (Å²) in [7, 11) is 0. The van der Waals surface area contributed by atoms with Crippen molar-refractivity contribution in [1.29, 1.82) is 0 Å². The van der Waals surface area contributed by atoms with Gasteiger partial charge in [0.2, 0.25) is 0 Å². The van der Waals surface area contributed by atoms with E-state index in [1.807, 2.05) is 24.3 Å². The van der Waals surface area contributed by atoms with E-state index in [0.29, 0.717) is 5.92 Å². The highest BCUT2D eigenvalue weighted by molar-refractivity contribution is 5.85. The van der Waals surface area contributed by atoms with E-state index in [0.717, 1.165) is 18.4 Å². The summed E-state index contributed by atoms with van der Waals surface area (Å²) in [6.45, 7) is 2.05. The van der Waals surface area contributed by atoms with Crippen LogP contribution in [0.5, 0.6) is 0 Å². The van der Waals surface area contributed by atoms with E-state index >= 15 is 0 Å². The van der Waals surface area contributed by atoms with Crippen LogP contribution in [0.15, 0.2) is 24.3 Å². The van der Waals surface area contributed by atoms with Gasteiger partial charge in [0, 0.05) is 0 Å². The molecule has 0 radical (unpaired) electrons. The molecule has 1 aliphatic carbocycles. The summed E-state index contributed by atoms with van der Waals surface area (Å²) in [4.78, 5) is 0. The second-order valence-electron chi connectivity index (χ2n) is 4.62. The summed E-state index contributed by atoms with van der Waals surface area (Å²) in [5, 5.41) is 10.0. The van der Waals surface area contributed by atoms with Crippen molar-refractivity contribution in [1.82, 2.24) is 0 Å². The Morgan fingerprint density at radius 1 is 1.25 bits per heavy atom. The Morgan fingerprint density at radius 3 is 2.25 bits per heavy atom. The number of aliphatic hydroxyl groups is 1. The average Bonchev–Trinajstić information content (AvgIpc) is 2.15. The van der Waals surface area contributed by atoms with Gasteiger partial charge in [-0.05, 0) is 31.2 Å². The predicted octanol–water partition coefficient (Wildman–Crippen LogP) is 2.58. The fourth-order valence-electron chi connectivity index (χ4n) is 2.06. The lowest BCUT2D eigenvalue weighted by Crippen LogP contribution is -2.36. The first-order valence-corrected chi connectivity index (χ1v) is 5.68. The van der Waals surface area contributed by atoms with Crippen LogP contribution >= 0.6 is 12.4 Å². The van der Waals surface area contributed by atoms with Crippen LogP contribution in [0, 0.1) is 12.8 Å². The van der Waals surface area contributed by atoms with E-state index in [-0.39, 0.29) is 24.6 Å². The molecule has 0 spiro atoms. The maximum Gasteiger partial charge on any atom is 0.0760 e. The third kappa shape index (κ3) is 2.76. The molecule has 1 fully saturated rings. The minimum atomic E-state index is -0.374. The lowest BCUT2D eigenvalue weighted by atomic mass is 9.77. The van der Waals surface area contributed by atoms with E-state index < -0.39 is 0 Å². The lowest BCUT2D eigenvalue weighted by Gasteiger charge is -2.33. The fourth-order valence-corrected chi connectivity index (χ4v) is 2.06. The van der Waals surface area contributed by atoms with Crippen molar-refractivity contribution < 1.29 is 5.11 Å². The molecule has 1 aliphatic rings. The second-order valence-corrected chi connectivity index (χ2v) is 4.62. The van der Waals surface area contributed by atoms with E-state index in [1.54, 1.807) is 0 Å². The normalized spacial score (nSPS) is 19.4. The van der Waals surface area contributed by atoms with Gasteiger partial charge in [0.25, 0.3) is 0 Å².